The van der Waals surface area contributed by atoms with E-state index in [0.29, 0.717) is 24.1 Å². The van der Waals surface area contributed by atoms with Crippen LogP contribution in [-0.4, -0.2) is 23.8 Å². The summed E-state index contributed by atoms with van der Waals surface area (Å²) in [5.74, 6) is 1.60. The number of rotatable bonds is 3. The second kappa shape index (κ2) is 5.21. The fourth-order valence-electron chi connectivity index (χ4n) is 3.47. The minimum Gasteiger partial charge on any atom is -0.507 e. The Balaban J connectivity index is 1.57. The lowest BCUT2D eigenvalue weighted by Gasteiger charge is -2.25. The van der Waals surface area contributed by atoms with Crippen LogP contribution in [0.4, 0.5) is 0 Å². The summed E-state index contributed by atoms with van der Waals surface area (Å²) in [5.41, 5.74) is 3.72. The first-order valence-corrected chi connectivity index (χ1v) is 7.62. The van der Waals surface area contributed by atoms with Crippen molar-refractivity contribution >= 4 is 0 Å². The van der Waals surface area contributed by atoms with E-state index in [9.17, 15) is 5.11 Å². The highest BCUT2D eigenvalue weighted by molar-refractivity contribution is 5.51. The molecule has 4 nitrogen and oxygen atoms in total. The summed E-state index contributed by atoms with van der Waals surface area (Å²) < 4.78 is 10.7. The molecule has 2 aliphatic rings. The van der Waals surface area contributed by atoms with Gasteiger partial charge in [-0.3, -0.25) is 4.90 Å². The molecule has 1 atom stereocenters. The van der Waals surface area contributed by atoms with Crippen molar-refractivity contribution in [2.24, 2.45) is 0 Å². The Morgan fingerprint density at radius 1 is 1.18 bits per heavy atom. The van der Waals surface area contributed by atoms with Crippen LogP contribution in [-0.2, 0) is 13.0 Å². The molecule has 22 heavy (non-hydrogen) atoms. The van der Waals surface area contributed by atoms with E-state index < -0.39 is 0 Å². The lowest BCUT2D eigenvalue weighted by atomic mass is 10.1. The fraction of sp³-hybridized carbons (Fsp3) is 0.333. The second-order valence-electron chi connectivity index (χ2n) is 6.00. The number of fused-ring (bicyclic) bond motifs is 2. The van der Waals surface area contributed by atoms with Crippen LogP contribution in [0, 0.1) is 0 Å². The summed E-state index contributed by atoms with van der Waals surface area (Å²) in [7, 11) is 2.11. The monoisotopic (exact) mass is 297 g/mol. The minimum absolute atomic E-state index is 0.226. The molecule has 2 aromatic carbocycles. The number of ether oxygens (including phenoxy) is 2. The highest BCUT2D eigenvalue weighted by atomic mass is 16.7. The van der Waals surface area contributed by atoms with Gasteiger partial charge in [-0.15, -0.1) is 0 Å². The fourth-order valence-corrected chi connectivity index (χ4v) is 3.47. The summed E-state index contributed by atoms with van der Waals surface area (Å²) >= 11 is 0. The summed E-state index contributed by atoms with van der Waals surface area (Å²) in [5, 5.41) is 10.2. The van der Waals surface area contributed by atoms with Crippen molar-refractivity contribution in [1.82, 2.24) is 4.90 Å². The van der Waals surface area contributed by atoms with Gasteiger partial charge in [-0.1, -0.05) is 24.3 Å². The zero-order valence-electron chi connectivity index (χ0n) is 12.6. The first-order chi connectivity index (χ1) is 10.7. The van der Waals surface area contributed by atoms with Gasteiger partial charge >= 0.3 is 0 Å². The lowest BCUT2D eigenvalue weighted by molar-refractivity contribution is 0.173. The van der Waals surface area contributed by atoms with E-state index in [2.05, 4.69) is 36.2 Å². The second-order valence-corrected chi connectivity index (χ2v) is 6.00. The van der Waals surface area contributed by atoms with Gasteiger partial charge in [-0.05, 0) is 37.1 Å². The van der Waals surface area contributed by atoms with E-state index in [1.807, 2.05) is 6.07 Å². The highest BCUT2D eigenvalue weighted by Gasteiger charge is 2.26. The van der Waals surface area contributed by atoms with Crippen molar-refractivity contribution in [2.45, 2.75) is 25.4 Å². The van der Waals surface area contributed by atoms with Gasteiger partial charge in [0.25, 0.3) is 0 Å². The number of benzene rings is 2. The zero-order valence-corrected chi connectivity index (χ0v) is 12.6. The molecular formula is C18H19NO3. The van der Waals surface area contributed by atoms with Gasteiger partial charge in [0, 0.05) is 24.2 Å². The number of hydrogen-bond acceptors (Lipinski definition) is 4. The van der Waals surface area contributed by atoms with Crippen molar-refractivity contribution in [2.75, 3.05) is 13.8 Å². The van der Waals surface area contributed by atoms with Gasteiger partial charge in [-0.25, -0.2) is 0 Å². The van der Waals surface area contributed by atoms with Crippen LogP contribution in [0.25, 0.3) is 0 Å². The Labute approximate surface area is 129 Å². The number of hydrogen-bond donors (Lipinski definition) is 1. The van der Waals surface area contributed by atoms with Crippen molar-refractivity contribution < 1.29 is 14.6 Å². The molecule has 1 aliphatic heterocycles. The highest BCUT2D eigenvalue weighted by Crippen LogP contribution is 2.40. The Morgan fingerprint density at radius 3 is 2.82 bits per heavy atom. The summed E-state index contributed by atoms with van der Waals surface area (Å²) in [6, 6.07) is 12.6. The molecule has 1 N–H and O–H groups in total. The number of nitrogens with zero attached hydrogens (tertiary/aromatic N) is 1. The molecule has 0 amide bonds. The van der Waals surface area contributed by atoms with E-state index in [0.717, 1.165) is 18.4 Å². The van der Waals surface area contributed by atoms with Gasteiger partial charge in [0.15, 0.2) is 11.5 Å². The predicted octanol–water partition coefficient (Wildman–Crippen LogP) is 3.24. The van der Waals surface area contributed by atoms with Crippen LogP contribution in [0.1, 0.15) is 29.2 Å². The van der Waals surface area contributed by atoms with E-state index in [-0.39, 0.29) is 12.5 Å². The van der Waals surface area contributed by atoms with Crippen molar-refractivity contribution in [3.8, 4) is 17.2 Å². The van der Waals surface area contributed by atoms with Crippen LogP contribution in [0.2, 0.25) is 0 Å². The third kappa shape index (κ3) is 2.20. The largest absolute Gasteiger partial charge is 0.507 e. The maximum Gasteiger partial charge on any atom is 0.231 e. The molecular weight excluding hydrogens is 278 g/mol. The molecule has 0 spiro atoms. The average Bonchev–Trinajstić information content (AvgIpc) is 3.13. The maximum atomic E-state index is 10.2. The van der Waals surface area contributed by atoms with Crippen molar-refractivity contribution in [1.29, 1.82) is 0 Å². The zero-order chi connectivity index (χ0) is 15.1. The van der Waals surface area contributed by atoms with Gasteiger partial charge in [0.05, 0.1) is 0 Å². The van der Waals surface area contributed by atoms with Gasteiger partial charge < -0.3 is 14.6 Å². The molecule has 0 radical (unpaired) electrons. The van der Waals surface area contributed by atoms with Crippen LogP contribution < -0.4 is 9.47 Å². The third-order valence-electron chi connectivity index (χ3n) is 4.63. The number of aromatic hydroxyl groups is 1. The number of phenols is 1. The quantitative estimate of drug-likeness (QED) is 0.944. The van der Waals surface area contributed by atoms with E-state index >= 15 is 0 Å². The molecule has 4 heteroatoms. The molecule has 4 rings (SSSR count). The van der Waals surface area contributed by atoms with E-state index in [1.54, 1.807) is 6.07 Å². The summed E-state index contributed by atoms with van der Waals surface area (Å²) in [4.78, 5) is 2.29. The first kappa shape index (κ1) is 13.5. The van der Waals surface area contributed by atoms with Crippen LogP contribution in [0.3, 0.4) is 0 Å². The van der Waals surface area contributed by atoms with Crippen LogP contribution >= 0.6 is 0 Å². The van der Waals surface area contributed by atoms with E-state index in [1.165, 1.54) is 11.1 Å². The number of aryl methyl sites for hydroxylation is 1. The van der Waals surface area contributed by atoms with Crippen LogP contribution in [0.5, 0.6) is 17.2 Å². The minimum atomic E-state index is 0.226. The molecule has 0 aromatic heterocycles. The Kier molecular flexibility index (Phi) is 3.19. The molecule has 1 heterocycles. The molecule has 2 aromatic rings. The molecule has 0 bridgehead atoms. The first-order valence-electron chi connectivity index (χ1n) is 7.62. The third-order valence-corrected chi connectivity index (χ3v) is 4.63. The molecule has 0 unspecified atom stereocenters. The Hall–Kier alpha value is -2.20. The molecule has 0 saturated heterocycles. The Bertz CT molecular complexity index is 713. The van der Waals surface area contributed by atoms with Crippen LogP contribution in [0.15, 0.2) is 36.4 Å². The Morgan fingerprint density at radius 2 is 1.95 bits per heavy atom. The smallest absolute Gasteiger partial charge is 0.231 e. The van der Waals surface area contributed by atoms with E-state index in [4.69, 9.17) is 9.47 Å². The lowest BCUT2D eigenvalue weighted by Crippen LogP contribution is -2.22. The summed E-state index contributed by atoms with van der Waals surface area (Å²) in [6.45, 7) is 0.908. The molecule has 0 saturated carbocycles. The molecule has 114 valence electrons. The standard InChI is InChI=1S/C18H19NO3/c1-19(15-7-6-12-4-2-3-5-14(12)15)10-13-8-17-18(9-16(13)20)22-11-21-17/h2-5,8-9,15,20H,6-7,10-11H2,1H3/t15-/m0/s1. The van der Waals surface area contributed by atoms with Gasteiger partial charge in [-0.2, -0.15) is 0 Å². The SMILES string of the molecule is CN(Cc1cc2c(cc1O)OCO2)[C@H]1CCc2ccccc21. The van der Waals surface area contributed by atoms with Gasteiger partial charge in [0.1, 0.15) is 5.75 Å². The topological polar surface area (TPSA) is 41.9 Å². The predicted molar refractivity (Wildman–Crippen MR) is 83.2 cm³/mol. The molecule has 1 aliphatic carbocycles. The average molecular weight is 297 g/mol. The number of phenolic OH excluding ortho intramolecular Hbond substituents is 1. The maximum absolute atomic E-state index is 10.2. The molecule has 0 fully saturated rings. The van der Waals surface area contributed by atoms with Crippen molar-refractivity contribution in [3.63, 3.8) is 0 Å². The normalized spacial score (nSPS) is 18.7. The van der Waals surface area contributed by atoms with Crippen molar-refractivity contribution in [3.05, 3.63) is 53.1 Å². The summed E-state index contributed by atoms with van der Waals surface area (Å²) in [6.07, 6.45) is 2.25. The van der Waals surface area contributed by atoms with Gasteiger partial charge in [0.2, 0.25) is 6.79 Å².